The van der Waals surface area contributed by atoms with Crippen LogP contribution in [0.25, 0.3) is 0 Å². The van der Waals surface area contributed by atoms with Gasteiger partial charge in [-0.1, -0.05) is 55.2 Å². The van der Waals surface area contributed by atoms with Crippen molar-refractivity contribution in [1.82, 2.24) is 0 Å². The number of hydrogen-bond acceptors (Lipinski definition) is 1. The molecule has 0 saturated carbocycles. The average Bonchev–Trinajstić information content (AvgIpc) is 2.25. The molecule has 0 spiro atoms. The standard InChI is InChI=1S/C14H22OSi/c1-12(16(2,3)4)14(15)11-10-13-8-6-5-7-9-13/h5-9,14-15H,1,10-11H2,2-4H3. The molecule has 0 amide bonds. The summed E-state index contributed by atoms with van der Waals surface area (Å²) in [7, 11) is -1.41. The molecular formula is C14H22OSi. The third-order valence-electron chi connectivity index (χ3n) is 2.91. The second kappa shape index (κ2) is 5.46. The Kier molecular flexibility index (Phi) is 4.51. The van der Waals surface area contributed by atoms with Gasteiger partial charge in [0.05, 0.1) is 14.2 Å². The van der Waals surface area contributed by atoms with Crippen molar-refractivity contribution in [3.05, 3.63) is 47.7 Å². The summed E-state index contributed by atoms with van der Waals surface area (Å²) in [5, 5.41) is 11.1. The number of rotatable bonds is 5. The van der Waals surface area contributed by atoms with Gasteiger partial charge in [-0.05, 0) is 18.4 Å². The zero-order valence-electron chi connectivity index (χ0n) is 10.5. The number of aryl methyl sites for hydroxylation is 1. The second-order valence-corrected chi connectivity index (χ2v) is 10.5. The highest BCUT2D eigenvalue weighted by Gasteiger charge is 2.23. The molecule has 0 aliphatic carbocycles. The lowest BCUT2D eigenvalue weighted by atomic mass is 10.1. The summed E-state index contributed by atoms with van der Waals surface area (Å²) in [5.74, 6) is 0. The van der Waals surface area contributed by atoms with Gasteiger partial charge in [-0.15, -0.1) is 6.58 Å². The highest BCUT2D eigenvalue weighted by atomic mass is 28.3. The highest BCUT2D eigenvalue weighted by Crippen LogP contribution is 2.19. The Morgan fingerprint density at radius 2 is 1.81 bits per heavy atom. The van der Waals surface area contributed by atoms with Gasteiger partial charge in [-0.2, -0.15) is 0 Å². The van der Waals surface area contributed by atoms with Gasteiger partial charge in [-0.3, -0.25) is 0 Å². The first-order valence-electron chi connectivity index (χ1n) is 5.82. The molecule has 0 aliphatic rings. The first-order chi connectivity index (χ1) is 7.41. The summed E-state index contributed by atoms with van der Waals surface area (Å²) in [4.78, 5) is 0. The van der Waals surface area contributed by atoms with E-state index in [1.807, 2.05) is 18.2 Å². The van der Waals surface area contributed by atoms with E-state index in [4.69, 9.17) is 0 Å². The van der Waals surface area contributed by atoms with Crippen LogP contribution in [0.3, 0.4) is 0 Å². The quantitative estimate of drug-likeness (QED) is 0.774. The smallest absolute Gasteiger partial charge is 0.0750 e. The number of aliphatic hydroxyl groups is 1. The van der Waals surface area contributed by atoms with E-state index < -0.39 is 8.07 Å². The summed E-state index contributed by atoms with van der Waals surface area (Å²) in [5.41, 5.74) is 1.28. The molecule has 0 saturated heterocycles. The highest BCUT2D eigenvalue weighted by molar-refractivity contribution is 6.83. The van der Waals surface area contributed by atoms with E-state index in [1.54, 1.807) is 0 Å². The SMILES string of the molecule is C=C(C(O)CCc1ccccc1)[Si](C)(C)C. The summed E-state index contributed by atoms with van der Waals surface area (Å²) >= 11 is 0. The molecule has 0 radical (unpaired) electrons. The molecule has 0 heterocycles. The number of benzene rings is 1. The Bertz CT molecular complexity index is 338. The molecule has 1 aromatic carbocycles. The molecule has 88 valence electrons. The van der Waals surface area contributed by atoms with E-state index >= 15 is 0 Å². The van der Waals surface area contributed by atoms with E-state index in [2.05, 4.69) is 38.4 Å². The van der Waals surface area contributed by atoms with Gasteiger partial charge in [0.2, 0.25) is 0 Å². The average molecular weight is 234 g/mol. The van der Waals surface area contributed by atoms with Crippen LogP contribution in [0, 0.1) is 0 Å². The van der Waals surface area contributed by atoms with Crippen LogP contribution in [0.5, 0.6) is 0 Å². The van der Waals surface area contributed by atoms with Crippen molar-refractivity contribution in [3.8, 4) is 0 Å². The Morgan fingerprint density at radius 1 is 1.25 bits per heavy atom. The van der Waals surface area contributed by atoms with Gasteiger partial charge in [-0.25, -0.2) is 0 Å². The fraction of sp³-hybridized carbons (Fsp3) is 0.429. The number of aliphatic hydroxyl groups excluding tert-OH is 1. The summed E-state index contributed by atoms with van der Waals surface area (Å²) in [6, 6.07) is 10.3. The molecule has 16 heavy (non-hydrogen) atoms. The molecule has 2 heteroatoms. The summed E-state index contributed by atoms with van der Waals surface area (Å²) in [6.07, 6.45) is 1.37. The molecule has 1 nitrogen and oxygen atoms in total. The lowest BCUT2D eigenvalue weighted by Gasteiger charge is -2.24. The van der Waals surface area contributed by atoms with Crippen LogP contribution in [0.4, 0.5) is 0 Å². The van der Waals surface area contributed by atoms with Crippen LogP contribution in [0.1, 0.15) is 12.0 Å². The molecule has 0 fully saturated rings. The molecular weight excluding hydrogens is 212 g/mol. The minimum absolute atomic E-state index is 0.341. The topological polar surface area (TPSA) is 20.2 Å². The van der Waals surface area contributed by atoms with Crippen LogP contribution < -0.4 is 0 Å². The Balaban J connectivity index is 2.48. The lowest BCUT2D eigenvalue weighted by Crippen LogP contribution is -2.31. The van der Waals surface area contributed by atoms with E-state index in [-0.39, 0.29) is 6.10 Å². The third kappa shape index (κ3) is 3.95. The molecule has 0 aliphatic heterocycles. The van der Waals surface area contributed by atoms with Crippen molar-refractivity contribution in [3.63, 3.8) is 0 Å². The molecule has 1 aromatic rings. The first kappa shape index (κ1) is 13.2. The monoisotopic (exact) mass is 234 g/mol. The van der Waals surface area contributed by atoms with Crippen molar-refractivity contribution in [1.29, 1.82) is 0 Å². The maximum Gasteiger partial charge on any atom is 0.0750 e. The molecule has 1 atom stereocenters. The Morgan fingerprint density at radius 3 is 2.31 bits per heavy atom. The van der Waals surface area contributed by atoms with Crippen molar-refractivity contribution < 1.29 is 5.11 Å². The van der Waals surface area contributed by atoms with E-state index in [0.717, 1.165) is 18.0 Å². The van der Waals surface area contributed by atoms with Gasteiger partial charge in [0.15, 0.2) is 0 Å². The van der Waals surface area contributed by atoms with E-state index in [0.29, 0.717) is 0 Å². The Hall–Kier alpha value is -0.863. The molecule has 1 N–H and O–H groups in total. The van der Waals surface area contributed by atoms with E-state index in [1.165, 1.54) is 5.56 Å². The van der Waals surface area contributed by atoms with Crippen LogP contribution in [-0.4, -0.2) is 19.3 Å². The maximum absolute atomic E-state index is 10.0. The fourth-order valence-electron chi connectivity index (χ4n) is 1.62. The van der Waals surface area contributed by atoms with Crippen molar-refractivity contribution in [2.75, 3.05) is 0 Å². The van der Waals surface area contributed by atoms with Crippen molar-refractivity contribution in [2.24, 2.45) is 0 Å². The van der Waals surface area contributed by atoms with Crippen molar-refractivity contribution >= 4 is 8.07 Å². The normalized spacial score (nSPS) is 13.5. The summed E-state index contributed by atoms with van der Waals surface area (Å²) < 4.78 is 0. The minimum atomic E-state index is -1.41. The predicted octanol–water partition coefficient (Wildman–Crippen LogP) is 3.41. The zero-order chi connectivity index (χ0) is 12.2. The van der Waals surface area contributed by atoms with E-state index in [9.17, 15) is 5.11 Å². The van der Waals surface area contributed by atoms with Crippen LogP contribution in [0.15, 0.2) is 42.1 Å². The molecule has 1 unspecified atom stereocenters. The third-order valence-corrected chi connectivity index (χ3v) is 5.17. The first-order valence-corrected chi connectivity index (χ1v) is 9.32. The molecule has 0 aromatic heterocycles. The van der Waals surface area contributed by atoms with Gasteiger partial charge in [0, 0.05) is 0 Å². The van der Waals surface area contributed by atoms with Crippen LogP contribution in [0.2, 0.25) is 19.6 Å². The van der Waals surface area contributed by atoms with Crippen molar-refractivity contribution in [2.45, 2.75) is 38.6 Å². The largest absolute Gasteiger partial charge is 0.389 e. The fourth-order valence-corrected chi connectivity index (χ4v) is 2.77. The lowest BCUT2D eigenvalue weighted by molar-refractivity contribution is 0.207. The van der Waals surface area contributed by atoms with Crippen LogP contribution in [-0.2, 0) is 6.42 Å². The zero-order valence-corrected chi connectivity index (χ0v) is 11.5. The molecule has 0 bridgehead atoms. The van der Waals surface area contributed by atoms with Gasteiger partial charge >= 0.3 is 0 Å². The maximum atomic E-state index is 10.0. The molecule has 1 rings (SSSR count). The van der Waals surface area contributed by atoms with Crippen LogP contribution >= 0.6 is 0 Å². The predicted molar refractivity (Wildman–Crippen MR) is 73.3 cm³/mol. The summed E-state index contributed by atoms with van der Waals surface area (Å²) in [6.45, 7) is 10.7. The number of hydrogen-bond donors (Lipinski definition) is 1. The van der Waals surface area contributed by atoms with Gasteiger partial charge in [0.25, 0.3) is 0 Å². The van der Waals surface area contributed by atoms with Gasteiger partial charge < -0.3 is 5.11 Å². The minimum Gasteiger partial charge on any atom is -0.389 e. The second-order valence-electron chi connectivity index (χ2n) is 5.32. The van der Waals surface area contributed by atoms with Gasteiger partial charge in [0.1, 0.15) is 0 Å². The Labute approximate surface area is 99.8 Å².